The molecule has 0 fully saturated rings. The van der Waals surface area contributed by atoms with Crippen molar-refractivity contribution < 1.29 is 33.7 Å². The molecule has 2 atom stereocenters. The zero-order valence-corrected chi connectivity index (χ0v) is 27.2. The number of carboxylic acid groups (broad SMARTS) is 1. The molecule has 0 heterocycles. The van der Waals surface area contributed by atoms with Gasteiger partial charge in [-0.05, 0) is 80.0 Å². The number of aryl methyl sites for hydroxylation is 2. The number of ether oxygens (including phenoxy) is 3. The summed E-state index contributed by atoms with van der Waals surface area (Å²) in [6, 6.07) is 20.5. The minimum Gasteiger partial charge on any atom is -0.479 e. The molecule has 244 valence electrons. The molecular formula is C35H45ClN2O7. The van der Waals surface area contributed by atoms with Gasteiger partial charge in [-0.15, -0.1) is 0 Å². The number of hydrogen-bond acceptors (Lipinski definition) is 7. The third-order valence-electron chi connectivity index (χ3n) is 7.47. The maximum atomic E-state index is 13.5. The Kier molecular flexibility index (Phi) is 15.1. The fourth-order valence-electron chi connectivity index (χ4n) is 4.89. The van der Waals surface area contributed by atoms with E-state index in [0.717, 1.165) is 36.9 Å². The van der Waals surface area contributed by atoms with E-state index in [2.05, 4.69) is 35.6 Å². The van der Waals surface area contributed by atoms with Gasteiger partial charge in [-0.1, -0.05) is 66.6 Å². The lowest BCUT2D eigenvalue weighted by molar-refractivity contribution is -0.177. The minimum atomic E-state index is -1.66. The Morgan fingerprint density at radius 2 is 1.69 bits per heavy atom. The van der Waals surface area contributed by atoms with Crippen LogP contribution >= 0.6 is 11.6 Å². The molecule has 2 N–H and O–H groups in total. The number of halogens is 1. The van der Waals surface area contributed by atoms with Crippen LogP contribution in [0.5, 0.6) is 0 Å². The molecule has 1 amide bonds. The van der Waals surface area contributed by atoms with Crippen LogP contribution in [0.25, 0.3) is 10.8 Å². The number of anilines is 1. The largest absolute Gasteiger partial charge is 0.479 e. The molecular weight excluding hydrogens is 596 g/mol. The number of hydrogen-bond donors (Lipinski definition) is 2. The van der Waals surface area contributed by atoms with Gasteiger partial charge in [-0.25, -0.2) is 9.59 Å². The number of aliphatic carboxylic acids is 1. The highest BCUT2D eigenvalue weighted by atomic mass is 35.5. The number of nitrogens with zero attached hydrogens (tertiary/aromatic N) is 1. The fourth-order valence-corrected chi connectivity index (χ4v) is 5.07. The molecule has 3 rings (SSSR count). The number of unbranched alkanes of at least 4 members (excludes halogenated alkanes) is 3. The third-order valence-corrected chi connectivity index (χ3v) is 7.87. The maximum absolute atomic E-state index is 13.5. The summed E-state index contributed by atoms with van der Waals surface area (Å²) in [7, 11) is 1.63. The van der Waals surface area contributed by atoms with Gasteiger partial charge in [0.2, 0.25) is 0 Å². The number of esters is 1. The number of likely N-dealkylation sites (N-methyl/N-ethyl adjacent to an activating group) is 1. The second-order valence-corrected chi connectivity index (χ2v) is 11.4. The molecule has 0 bridgehead atoms. The summed E-state index contributed by atoms with van der Waals surface area (Å²) in [6.45, 7) is 4.32. The molecule has 3 aromatic carbocycles. The van der Waals surface area contributed by atoms with Gasteiger partial charge in [-0.3, -0.25) is 4.79 Å². The van der Waals surface area contributed by atoms with Gasteiger partial charge in [0.1, 0.15) is 6.61 Å². The average Bonchev–Trinajstić information content (AvgIpc) is 3.02. The summed E-state index contributed by atoms with van der Waals surface area (Å²) in [6.07, 6.45) is 1.75. The number of fused-ring (bicyclic) bond motifs is 1. The summed E-state index contributed by atoms with van der Waals surface area (Å²) >= 11 is 6.19. The van der Waals surface area contributed by atoms with Crippen LogP contribution in [-0.4, -0.2) is 80.0 Å². The molecule has 0 aliphatic heterocycles. The van der Waals surface area contributed by atoms with Crippen molar-refractivity contribution in [2.24, 2.45) is 0 Å². The Balaban J connectivity index is 1.50. The van der Waals surface area contributed by atoms with Crippen molar-refractivity contribution in [3.63, 3.8) is 0 Å². The van der Waals surface area contributed by atoms with Gasteiger partial charge in [0, 0.05) is 37.5 Å². The van der Waals surface area contributed by atoms with E-state index in [0.29, 0.717) is 31.0 Å². The molecule has 0 saturated heterocycles. The van der Waals surface area contributed by atoms with E-state index in [-0.39, 0.29) is 13.2 Å². The standard InChI is InChI=1S/C35H45ClN2O7/c1-4-43-31(39)24-45-33(35(41)42)32(44-21-11-9-19-37-29-18-15-25(2)30(36)23-29)34(40)38(3)20-10-5-6-12-26-16-17-27-13-7-8-14-28(27)22-26/h7-8,13-18,22-23,32-33,37H,4-6,9-12,19-21,24H2,1-3H3,(H,41,42)/t32-,33-/m1/s1. The Morgan fingerprint density at radius 1 is 0.911 bits per heavy atom. The molecule has 0 saturated carbocycles. The summed E-state index contributed by atoms with van der Waals surface area (Å²) in [5, 5.41) is 16.3. The highest BCUT2D eigenvalue weighted by Crippen LogP contribution is 2.20. The van der Waals surface area contributed by atoms with Gasteiger partial charge in [0.25, 0.3) is 5.91 Å². The van der Waals surface area contributed by atoms with E-state index in [4.69, 9.17) is 25.8 Å². The highest BCUT2D eigenvalue weighted by Gasteiger charge is 2.38. The minimum absolute atomic E-state index is 0.130. The first-order valence-electron chi connectivity index (χ1n) is 15.5. The number of carboxylic acids is 1. The van der Waals surface area contributed by atoms with Crippen LogP contribution in [0.3, 0.4) is 0 Å². The predicted octanol–water partition coefficient (Wildman–Crippen LogP) is 6.28. The van der Waals surface area contributed by atoms with Crippen LogP contribution in [0.4, 0.5) is 5.69 Å². The van der Waals surface area contributed by atoms with E-state index in [1.807, 2.05) is 37.3 Å². The number of nitrogens with one attached hydrogen (secondary N) is 1. The van der Waals surface area contributed by atoms with Crippen molar-refractivity contribution in [2.45, 2.75) is 64.6 Å². The maximum Gasteiger partial charge on any atom is 0.336 e. The highest BCUT2D eigenvalue weighted by molar-refractivity contribution is 6.31. The third kappa shape index (κ3) is 12.0. The molecule has 0 radical (unpaired) electrons. The van der Waals surface area contributed by atoms with E-state index >= 15 is 0 Å². The van der Waals surface area contributed by atoms with Crippen molar-refractivity contribution in [3.8, 4) is 0 Å². The second-order valence-electron chi connectivity index (χ2n) is 11.0. The predicted molar refractivity (Wildman–Crippen MR) is 177 cm³/mol. The lowest BCUT2D eigenvalue weighted by Crippen LogP contribution is -2.50. The Hall–Kier alpha value is -3.66. The number of carbonyl (C=O) groups excluding carboxylic acids is 2. The van der Waals surface area contributed by atoms with Crippen molar-refractivity contribution in [2.75, 3.05) is 45.3 Å². The first-order chi connectivity index (χ1) is 21.7. The van der Waals surface area contributed by atoms with Crippen LogP contribution in [0.1, 0.15) is 50.2 Å². The Morgan fingerprint density at radius 3 is 2.42 bits per heavy atom. The molecule has 0 spiro atoms. The van der Waals surface area contributed by atoms with Crippen LogP contribution < -0.4 is 5.32 Å². The van der Waals surface area contributed by atoms with Gasteiger partial charge in [0.05, 0.1) is 6.61 Å². The smallest absolute Gasteiger partial charge is 0.336 e. The summed E-state index contributed by atoms with van der Waals surface area (Å²) in [5.41, 5.74) is 3.17. The van der Waals surface area contributed by atoms with Crippen LogP contribution in [0.2, 0.25) is 5.02 Å². The van der Waals surface area contributed by atoms with E-state index in [1.165, 1.54) is 21.2 Å². The molecule has 0 unspecified atom stereocenters. The molecule has 0 aliphatic carbocycles. The van der Waals surface area contributed by atoms with Crippen molar-refractivity contribution in [1.29, 1.82) is 0 Å². The lowest BCUT2D eigenvalue weighted by Gasteiger charge is -2.28. The molecule has 3 aromatic rings. The zero-order chi connectivity index (χ0) is 32.6. The second kappa shape index (κ2) is 19.0. The number of benzene rings is 3. The average molecular weight is 641 g/mol. The molecule has 45 heavy (non-hydrogen) atoms. The van der Waals surface area contributed by atoms with Gasteiger partial charge >= 0.3 is 11.9 Å². The van der Waals surface area contributed by atoms with Crippen molar-refractivity contribution in [1.82, 2.24) is 4.90 Å². The fraction of sp³-hybridized carbons (Fsp3) is 0.457. The summed E-state index contributed by atoms with van der Waals surface area (Å²) < 4.78 is 16.1. The van der Waals surface area contributed by atoms with Gasteiger partial charge in [0.15, 0.2) is 12.2 Å². The first-order valence-corrected chi connectivity index (χ1v) is 15.9. The Labute approximate surface area is 270 Å². The monoisotopic (exact) mass is 640 g/mol. The molecule has 9 nitrogen and oxygen atoms in total. The topological polar surface area (TPSA) is 114 Å². The van der Waals surface area contributed by atoms with Crippen LogP contribution in [0, 0.1) is 6.92 Å². The lowest BCUT2D eigenvalue weighted by atomic mass is 10.0. The SMILES string of the molecule is CCOC(=O)CO[C@@H](C(=O)O)[C@@H](OCCCCNc1ccc(C)c(Cl)c1)C(=O)N(C)CCCCCc1ccc2ccccc2c1. The molecule has 0 aliphatic rings. The van der Waals surface area contributed by atoms with Gasteiger partial charge < -0.3 is 29.5 Å². The first kappa shape index (κ1) is 35.8. The molecule has 10 heteroatoms. The van der Waals surface area contributed by atoms with Crippen molar-refractivity contribution >= 4 is 45.9 Å². The number of rotatable bonds is 20. The van der Waals surface area contributed by atoms with E-state index in [9.17, 15) is 19.5 Å². The summed E-state index contributed by atoms with van der Waals surface area (Å²) in [4.78, 5) is 38.9. The van der Waals surface area contributed by atoms with Crippen molar-refractivity contribution in [3.05, 3.63) is 76.8 Å². The van der Waals surface area contributed by atoms with E-state index in [1.54, 1.807) is 14.0 Å². The number of carbonyl (C=O) groups is 3. The molecule has 0 aromatic heterocycles. The van der Waals surface area contributed by atoms with Crippen LogP contribution in [0.15, 0.2) is 60.7 Å². The normalized spacial score (nSPS) is 12.4. The quantitative estimate of drug-likeness (QED) is 0.110. The number of amides is 1. The zero-order valence-electron chi connectivity index (χ0n) is 26.4. The Bertz CT molecular complexity index is 1400. The summed E-state index contributed by atoms with van der Waals surface area (Å²) in [5.74, 6) is -2.61. The van der Waals surface area contributed by atoms with Gasteiger partial charge in [-0.2, -0.15) is 0 Å². The van der Waals surface area contributed by atoms with E-state index < -0.39 is 36.7 Å². The van der Waals surface area contributed by atoms with Crippen LogP contribution in [-0.2, 0) is 35.0 Å².